The van der Waals surface area contributed by atoms with E-state index in [1.807, 2.05) is 25.1 Å². The van der Waals surface area contributed by atoms with E-state index in [-0.39, 0.29) is 35.7 Å². The molecule has 8 heteroatoms. The van der Waals surface area contributed by atoms with Crippen molar-refractivity contribution in [1.82, 2.24) is 16.0 Å². The maximum atomic E-state index is 14.1. The zero-order valence-electron chi connectivity index (χ0n) is 24.6. The molecule has 5 rings (SSSR count). The van der Waals surface area contributed by atoms with Gasteiger partial charge in [0.15, 0.2) is 11.5 Å². The van der Waals surface area contributed by atoms with Crippen molar-refractivity contribution in [3.8, 4) is 11.5 Å². The molecular formula is C33H44ClN3O4. The molecule has 222 valence electrons. The molecule has 3 N–H and O–H groups in total. The number of rotatable bonds is 9. The third kappa shape index (κ3) is 6.07. The van der Waals surface area contributed by atoms with E-state index in [9.17, 15) is 9.59 Å². The number of carbonyl (C=O) groups excluding carboxylic acids is 2. The Bertz CT molecular complexity index is 1220. The van der Waals surface area contributed by atoms with Gasteiger partial charge in [-0.1, -0.05) is 43.9 Å². The monoisotopic (exact) mass is 581 g/mol. The molecule has 7 nitrogen and oxygen atoms in total. The van der Waals surface area contributed by atoms with Crippen molar-refractivity contribution in [3.63, 3.8) is 0 Å². The summed E-state index contributed by atoms with van der Waals surface area (Å²) in [5.41, 5.74) is 1.43. The highest BCUT2D eigenvalue weighted by molar-refractivity contribution is 6.30. The van der Waals surface area contributed by atoms with Crippen molar-refractivity contribution >= 4 is 23.4 Å². The van der Waals surface area contributed by atoms with Gasteiger partial charge in [-0.25, -0.2) is 0 Å². The molecule has 2 aliphatic heterocycles. The lowest BCUT2D eigenvalue weighted by atomic mass is 9.63. The normalized spacial score (nSPS) is 30.9. The highest BCUT2D eigenvalue weighted by Gasteiger charge is 2.54. The van der Waals surface area contributed by atoms with E-state index in [0.717, 1.165) is 18.4 Å². The molecule has 8 atom stereocenters. The number of halogens is 1. The minimum atomic E-state index is -0.752. The summed E-state index contributed by atoms with van der Waals surface area (Å²) in [5, 5.41) is 11.1. The summed E-state index contributed by atoms with van der Waals surface area (Å²) < 4.78 is 11.5. The molecule has 0 spiro atoms. The van der Waals surface area contributed by atoms with E-state index in [4.69, 9.17) is 21.1 Å². The van der Waals surface area contributed by atoms with Crippen LogP contribution in [-0.2, 0) is 4.79 Å². The maximum absolute atomic E-state index is 14.1. The van der Waals surface area contributed by atoms with E-state index in [0.29, 0.717) is 46.6 Å². The highest BCUT2D eigenvalue weighted by atomic mass is 35.5. The Hall–Kier alpha value is -2.77. The third-order valence-electron chi connectivity index (χ3n) is 9.57. The third-order valence-corrected chi connectivity index (χ3v) is 9.82. The number of methoxy groups -OCH3 is 1. The molecule has 2 heterocycles. The summed E-state index contributed by atoms with van der Waals surface area (Å²) in [6, 6.07) is 12.5. The molecule has 3 fully saturated rings. The molecule has 2 aromatic carbocycles. The van der Waals surface area contributed by atoms with Crippen molar-refractivity contribution in [3.05, 3.63) is 58.6 Å². The first-order valence-corrected chi connectivity index (χ1v) is 15.7. The number of hydrogen-bond donors (Lipinski definition) is 3. The van der Waals surface area contributed by atoms with Gasteiger partial charge in [0, 0.05) is 40.5 Å². The van der Waals surface area contributed by atoms with Gasteiger partial charge in [0.1, 0.15) is 6.04 Å². The molecule has 2 bridgehead atoms. The average Bonchev–Trinajstić information content (AvgIpc) is 3.02. The fraction of sp³-hybridized carbons (Fsp3) is 0.576. The van der Waals surface area contributed by atoms with Gasteiger partial charge in [-0.2, -0.15) is 0 Å². The second kappa shape index (κ2) is 13.0. The second-order valence-electron chi connectivity index (χ2n) is 11.9. The van der Waals surface area contributed by atoms with Gasteiger partial charge in [0.05, 0.1) is 13.7 Å². The summed E-state index contributed by atoms with van der Waals surface area (Å²) in [4.78, 5) is 27.5. The average molecular weight is 582 g/mol. The minimum Gasteiger partial charge on any atom is -0.493 e. The molecule has 2 amide bonds. The van der Waals surface area contributed by atoms with Crippen LogP contribution in [0.3, 0.4) is 0 Å². The predicted octanol–water partition coefficient (Wildman–Crippen LogP) is 5.71. The Labute approximate surface area is 249 Å². The molecular weight excluding hydrogens is 538 g/mol. The fourth-order valence-corrected chi connectivity index (χ4v) is 7.92. The van der Waals surface area contributed by atoms with Gasteiger partial charge >= 0.3 is 0 Å². The van der Waals surface area contributed by atoms with Gasteiger partial charge in [0.2, 0.25) is 5.91 Å². The predicted molar refractivity (Wildman–Crippen MR) is 162 cm³/mol. The topological polar surface area (TPSA) is 88.7 Å². The lowest BCUT2D eigenvalue weighted by Crippen LogP contribution is -2.65. The van der Waals surface area contributed by atoms with Crippen LogP contribution >= 0.6 is 11.6 Å². The molecule has 3 aliphatic rings. The first kappa shape index (κ1) is 29.7. The van der Waals surface area contributed by atoms with Crippen molar-refractivity contribution < 1.29 is 19.1 Å². The summed E-state index contributed by atoms with van der Waals surface area (Å²) in [7, 11) is 1.63. The van der Waals surface area contributed by atoms with Crippen LogP contribution in [0, 0.1) is 17.8 Å². The van der Waals surface area contributed by atoms with E-state index < -0.39 is 6.04 Å². The molecule has 41 heavy (non-hydrogen) atoms. The number of amides is 2. The van der Waals surface area contributed by atoms with E-state index in [2.05, 4.69) is 29.8 Å². The van der Waals surface area contributed by atoms with Crippen molar-refractivity contribution in [2.75, 3.05) is 13.7 Å². The summed E-state index contributed by atoms with van der Waals surface area (Å²) in [5.74, 6) is 1.60. The molecule has 2 aromatic rings. The van der Waals surface area contributed by atoms with Crippen LogP contribution in [0.15, 0.2) is 42.5 Å². The zero-order chi connectivity index (χ0) is 29.1. The van der Waals surface area contributed by atoms with Gasteiger partial charge in [-0.05, 0) is 86.9 Å². The van der Waals surface area contributed by atoms with E-state index in [1.165, 1.54) is 25.7 Å². The Kier molecular flexibility index (Phi) is 9.45. The molecule has 1 saturated carbocycles. The van der Waals surface area contributed by atoms with Crippen molar-refractivity contribution in [2.45, 2.75) is 89.4 Å². The van der Waals surface area contributed by atoms with E-state index >= 15 is 0 Å². The van der Waals surface area contributed by atoms with Crippen molar-refractivity contribution in [2.24, 2.45) is 17.8 Å². The van der Waals surface area contributed by atoms with Gasteiger partial charge < -0.3 is 25.4 Å². The largest absolute Gasteiger partial charge is 0.493 e. The van der Waals surface area contributed by atoms with Crippen molar-refractivity contribution in [1.29, 1.82) is 0 Å². The van der Waals surface area contributed by atoms with Crippen LogP contribution < -0.4 is 25.4 Å². The number of fused-ring (bicyclic) bond motifs is 4. The summed E-state index contributed by atoms with van der Waals surface area (Å²) in [6.07, 6.45) is 6.97. The SMILES string of the molecule is CCCCC1C2CCCC1C1NC(=O)[C@@H](NC(=O)c3ccc(Cl)cc3)[C@H](c3ccc(OCC)c(OC)c3)C1C(C)N2. The van der Waals surface area contributed by atoms with Crippen LogP contribution in [0.5, 0.6) is 11.5 Å². The second-order valence-corrected chi connectivity index (χ2v) is 12.3. The van der Waals surface area contributed by atoms with Crippen LogP contribution in [0.4, 0.5) is 0 Å². The Morgan fingerprint density at radius 2 is 1.88 bits per heavy atom. The lowest BCUT2D eigenvalue weighted by Gasteiger charge is -2.48. The molecule has 0 radical (unpaired) electrons. The number of unbranched alkanes of at least 4 members (excludes halogenated alkanes) is 1. The van der Waals surface area contributed by atoms with Crippen LogP contribution in [0.1, 0.15) is 81.1 Å². The highest BCUT2D eigenvalue weighted by Crippen LogP contribution is 2.48. The summed E-state index contributed by atoms with van der Waals surface area (Å²) in [6.45, 7) is 6.97. The van der Waals surface area contributed by atoms with Crippen LogP contribution in [0.2, 0.25) is 5.02 Å². The molecule has 6 unspecified atom stereocenters. The number of nitrogens with one attached hydrogen (secondary N) is 3. The lowest BCUT2D eigenvalue weighted by molar-refractivity contribution is -0.129. The Balaban J connectivity index is 1.57. The maximum Gasteiger partial charge on any atom is 0.251 e. The molecule has 0 aromatic heterocycles. The number of benzene rings is 2. The number of carbonyl (C=O) groups is 2. The first-order valence-electron chi connectivity index (χ1n) is 15.3. The minimum absolute atomic E-state index is 0.0170. The molecule has 2 saturated heterocycles. The number of piperidine rings is 1. The van der Waals surface area contributed by atoms with Crippen LogP contribution in [0.25, 0.3) is 0 Å². The van der Waals surface area contributed by atoms with Gasteiger partial charge in [-0.15, -0.1) is 0 Å². The zero-order valence-corrected chi connectivity index (χ0v) is 25.4. The van der Waals surface area contributed by atoms with Gasteiger partial charge in [-0.3, -0.25) is 9.59 Å². The first-order chi connectivity index (χ1) is 19.9. The van der Waals surface area contributed by atoms with Gasteiger partial charge in [0.25, 0.3) is 5.91 Å². The van der Waals surface area contributed by atoms with E-state index in [1.54, 1.807) is 31.4 Å². The Morgan fingerprint density at radius 1 is 1.10 bits per heavy atom. The quantitative estimate of drug-likeness (QED) is 0.353. The standard InChI is InChI=1S/C33H44ClN3O4/c1-5-7-9-23-24-10-8-11-25(23)35-19(3)28-29(21-14-17-26(41-6-2)27(18-21)40-4)31(33(39)36-30(24)28)37-32(38)20-12-15-22(34)16-13-20/h12-19,23-25,28-31,35H,5-11H2,1-4H3,(H,36,39)(H,37,38)/t19?,23?,24?,25?,28?,29-,30?,31+/m1/s1. The van der Waals surface area contributed by atoms with Crippen LogP contribution in [-0.4, -0.2) is 49.7 Å². The Morgan fingerprint density at radius 3 is 2.59 bits per heavy atom. The number of ether oxygens (including phenoxy) is 2. The molecule has 1 aliphatic carbocycles. The fourth-order valence-electron chi connectivity index (χ4n) is 7.79. The number of hydrogen-bond acceptors (Lipinski definition) is 5. The summed E-state index contributed by atoms with van der Waals surface area (Å²) >= 11 is 6.07. The smallest absolute Gasteiger partial charge is 0.251 e.